The predicted octanol–water partition coefficient (Wildman–Crippen LogP) is 2.67. The first kappa shape index (κ1) is 13.1. The Labute approximate surface area is 119 Å². The van der Waals surface area contributed by atoms with E-state index in [0.29, 0.717) is 17.8 Å². The normalized spacial score (nSPS) is 11.3. The van der Waals surface area contributed by atoms with Crippen LogP contribution in [0.1, 0.15) is 29.0 Å². The van der Waals surface area contributed by atoms with Crippen LogP contribution in [0.4, 0.5) is 0 Å². The molecule has 0 fully saturated rings. The predicted molar refractivity (Wildman–Crippen MR) is 78.3 cm³/mol. The Kier molecular flexibility index (Phi) is 3.17. The number of rotatable bonds is 3. The molecule has 0 unspecified atom stereocenters. The van der Waals surface area contributed by atoms with E-state index in [1.165, 1.54) is 0 Å². The molecule has 3 aromatic heterocycles. The van der Waals surface area contributed by atoms with Crippen LogP contribution < -0.4 is 5.56 Å². The molecule has 0 aromatic carbocycles. The zero-order valence-corrected chi connectivity index (χ0v) is 12.5. The fourth-order valence-electron chi connectivity index (χ4n) is 2.11. The summed E-state index contributed by atoms with van der Waals surface area (Å²) in [5.74, 6) is 1.36. The van der Waals surface area contributed by atoms with E-state index < -0.39 is 0 Å². The molecular weight excluding hydrogens is 274 g/mol. The van der Waals surface area contributed by atoms with Crippen molar-refractivity contribution in [1.29, 1.82) is 0 Å². The third-order valence-corrected chi connectivity index (χ3v) is 4.53. The Hall–Kier alpha value is -1.95. The SMILES string of the molecule is CCc1cnc(Cn2cnc3sc(C)c(C)c3c2=O)o1. The first-order valence-corrected chi connectivity index (χ1v) is 7.30. The van der Waals surface area contributed by atoms with Gasteiger partial charge in [-0.1, -0.05) is 6.92 Å². The lowest BCUT2D eigenvalue weighted by Crippen LogP contribution is -2.21. The number of aromatic nitrogens is 3. The lowest BCUT2D eigenvalue weighted by atomic mass is 10.2. The quantitative estimate of drug-likeness (QED) is 0.743. The summed E-state index contributed by atoms with van der Waals surface area (Å²) in [7, 11) is 0. The number of hydrogen-bond acceptors (Lipinski definition) is 5. The van der Waals surface area contributed by atoms with Crippen molar-refractivity contribution in [3.8, 4) is 0 Å². The highest BCUT2D eigenvalue weighted by atomic mass is 32.1. The molecule has 3 aromatic rings. The molecule has 0 atom stereocenters. The van der Waals surface area contributed by atoms with E-state index in [-0.39, 0.29) is 5.56 Å². The van der Waals surface area contributed by atoms with E-state index in [1.807, 2.05) is 20.8 Å². The van der Waals surface area contributed by atoms with Crippen molar-refractivity contribution in [2.75, 3.05) is 0 Å². The second kappa shape index (κ2) is 4.86. The molecule has 6 heteroatoms. The summed E-state index contributed by atoms with van der Waals surface area (Å²) >= 11 is 1.55. The Balaban J connectivity index is 2.06. The fourth-order valence-corrected chi connectivity index (χ4v) is 3.10. The molecule has 0 saturated carbocycles. The van der Waals surface area contributed by atoms with Crippen molar-refractivity contribution in [3.63, 3.8) is 0 Å². The molecule has 0 N–H and O–H groups in total. The smallest absolute Gasteiger partial charge is 0.262 e. The van der Waals surface area contributed by atoms with Gasteiger partial charge in [-0.25, -0.2) is 9.97 Å². The third kappa shape index (κ3) is 2.06. The van der Waals surface area contributed by atoms with Gasteiger partial charge in [0.15, 0.2) is 0 Å². The summed E-state index contributed by atoms with van der Waals surface area (Å²) < 4.78 is 7.09. The molecule has 0 bridgehead atoms. The maximum absolute atomic E-state index is 12.5. The van der Waals surface area contributed by atoms with Gasteiger partial charge in [0.1, 0.15) is 17.1 Å². The highest BCUT2D eigenvalue weighted by Crippen LogP contribution is 2.25. The van der Waals surface area contributed by atoms with Crippen LogP contribution in [0.25, 0.3) is 10.2 Å². The van der Waals surface area contributed by atoms with E-state index in [9.17, 15) is 4.79 Å². The largest absolute Gasteiger partial charge is 0.444 e. The van der Waals surface area contributed by atoms with Gasteiger partial charge in [0.05, 0.1) is 17.9 Å². The Morgan fingerprint density at radius 1 is 1.35 bits per heavy atom. The average molecular weight is 289 g/mol. The monoisotopic (exact) mass is 289 g/mol. The van der Waals surface area contributed by atoms with Gasteiger partial charge in [-0.05, 0) is 19.4 Å². The van der Waals surface area contributed by atoms with Crippen LogP contribution in [0.15, 0.2) is 21.7 Å². The minimum atomic E-state index is -0.0342. The molecule has 3 heterocycles. The summed E-state index contributed by atoms with van der Waals surface area (Å²) in [6, 6.07) is 0. The van der Waals surface area contributed by atoms with Crippen molar-refractivity contribution in [3.05, 3.63) is 45.0 Å². The number of aryl methyl sites for hydroxylation is 3. The van der Waals surface area contributed by atoms with Crippen LogP contribution in [0.5, 0.6) is 0 Å². The Bertz CT molecular complexity index is 829. The molecule has 20 heavy (non-hydrogen) atoms. The first-order chi connectivity index (χ1) is 9.60. The number of nitrogens with zero attached hydrogens (tertiary/aromatic N) is 3. The van der Waals surface area contributed by atoms with Crippen LogP contribution in [0.3, 0.4) is 0 Å². The number of fused-ring (bicyclic) bond motifs is 1. The lowest BCUT2D eigenvalue weighted by Gasteiger charge is -2.02. The summed E-state index contributed by atoms with van der Waals surface area (Å²) in [5.41, 5.74) is 0.978. The molecule has 0 amide bonds. The molecule has 104 valence electrons. The third-order valence-electron chi connectivity index (χ3n) is 3.41. The Morgan fingerprint density at radius 3 is 2.85 bits per heavy atom. The van der Waals surface area contributed by atoms with E-state index in [1.54, 1.807) is 28.4 Å². The summed E-state index contributed by atoms with van der Waals surface area (Å²) in [4.78, 5) is 23.0. The van der Waals surface area contributed by atoms with Crippen molar-refractivity contribution in [2.24, 2.45) is 0 Å². The van der Waals surface area contributed by atoms with E-state index in [2.05, 4.69) is 9.97 Å². The zero-order chi connectivity index (χ0) is 14.3. The maximum Gasteiger partial charge on any atom is 0.262 e. The van der Waals surface area contributed by atoms with Crippen LogP contribution in [-0.4, -0.2) is 14.5 Å². The van der Waals surface area contributed by atoms with Gasteiger partial charge in [-0.3, -0.25) is 9.36 Å². The summed E-state index contributed by atoms with van der Waals surface area (Å²) in [5, 5.41) is 0.706. The standard InChI is InChI=1S/C14H15N3O2S/c1-4-10-5-15-11(19-10)6-17-7-16-13-12(14(17)18)8(2)9(3)20-13/h5,7H,4,6H2,1-3H3. The second-order valence-corrected chi connectivity index (χ2v) is 5.92. The molecule has 5 nitrogen and oxygen atoms in total. The van der Waals surface area contributed by atoms with Gasteiger partial charge in [0.2, 0.25) is 5.89 Å². The average Bonchev–Trinajstić information content (AvgIpc) is 2.99. The van der Waals surface area contributed by atoms with Gasteiger partial charge in [-0.15, -0.1) is 11.3 Å². The highest BCUT2D eigenvalue weighted by Gasteiger charge is 2.13. The van der Waals surface area contributed by atoms with Crippen LogP contribution in [-0.2, 0) is 13.0 Å². The topological polar surface area (TPSA) is 60.9 Å². The number of oxazole rings is 1. The van der Waals surface area contributed by atoms with Crippen molar-refractivity contribution in [2.45, 2.75) is 33.7 Å². The summed E-state index contributed by atoms with van der Waals surface area (Å²) in [6.45, 7) is 6.28. The van der Waals surface area contributed by atoms with Crippen molar-refractivity contribution < 1.29 is 4.42 Å². The molecule has 0 aliphatic heterocycles. The van der Waals surface area contributed by atoms with Crippen LogP contribution in [0.2, 0.25) is 0 Å². The van der Waals surface area contributed by atoms with E-state index in [0.717, 1.165) is 27.5 Å². The zero-order valence-electron chi connectivity index (χ0n) is 11.6. The minimum absolute atomic E-state index is 0.0342. The Morgan fingerprint density at radius 2 is 2.15 bits per heavy atom. The molecule has 0 aliphatic rings. The van der Waals surface area contributed by atoms with Crippen molar-refractivity contribution in [1.82, 2.24) is 14.5 Å². The van der Waals surface area contributed by atoms with Gasteiger partial charge in [0, 0.05) is 11.3 Å². The molecular formula is C14H15N3O2S. The van der Waals surface area contributed by atoms with Gasteiger partial charge < -0.3 is 4.42 Å². The van der Waals surface area contributed by atoms with E-state index in [4.69, 9.17) is 4.42 Å². The number of hydrogen-bond donors (Lipinski definition) is 0. The number of thiophene rings is 1. The van der Waals surface area contributed by atoms with Crippen LogP contribution in [0, 0.1) is 13.8 Å². The lowest BCUT2D eigenvalue weighted by molar-refractivity contribution is 0.443. The second-order valence-electron chi connectivity index (χ2n) is 4.71. The van der Waals surface area contributed by atoms with E-state index >= 15 is 0 Å². The first-order valence-electron chi connectivity index (χ1n) is 6.49. The van der Waals surface area contributed by atoms with Crippen molar-refractivity contribution >= 4 is 21.6 Å². The molecule has 3 rings (SSSR count). The van der Waals surface area contributed by atoms with Gasteiger partial charge in [0.25, 0.3) is 5.56 Å². The fraction of sp³-hybridized carbons (Fsp3) is 0.357. The van der Waals surface area contributed by atoms with Crippen LogP contribution >= 0.6 is 11.3 Å². The van der Waals surface area contributed by atoms with Gasteiger partial charge >= 0.3 is 0 Å². The molecule has 0 aliphatic carbocycles. The molecule has 0 spiro atoms. The highest BCUT2D eigenvalue weighted by molar-refractivity contribution is 7.18. The minimum Gasteiger partial charge on any atom is -0.444 e. The summed E-state index contributed by atoms with van der Waals surface area (Å²) in [6.07, 6.45) is 4.06. The maximum atomic E-state index is 12.5. The van der Waals surface area contributed by atoms with Gasteiger partial charge in [-0.2, -0.15) is 0 Å². The molecule has 0 saturated heterocycles. The molecule has 0 radical (unpaired) electrons.